The molecule has 0 aliphatic carbocycles. The number of nitrogens with zero attached hydrogens (tertiary/aromatic N) is 2. The zero-order chi connectivity index (χ0) is 25.8. The van der Waals surface area contributed by atoms with Crippen LogP contribution in [-0.2, 0) is 11.3 Å². The highest BCUT2D eigenvalue weighted by Gasteiger charge is 2.28. The highest BCUT2D eigenvalue weighted by molar-refractivity contribution is 5.98. The fourth-order valence-corrected chi connectivity index (χ4v) is 3.96. The third kappa shape index (κ3) is 6.24. The first kappa shape index (κ1) is 26.3. The molecule has 6 heteroatoms. The topological polar surface area (TPSA) is 60.8 Å². The molecule has 0 radical (unpaired) electrons. The molecule has 0 saturated carbocycles. The summed E-state index contributed by atoms with van der Waals surface area (Å²) in [7, 11) is 1.64. The van der Waals surface area contributed by atoms with Gasteiger partial charge in [0, 0.05) is 19.0 Å². The van der Waals surface area contributed by atoms with Crippen molar-refractivity contribution in [2.45, 2.75) is 66.5 Å². The van der Waals surface area contributed by atoms with E-state index in [1.54, 1.807) is 11.6 Å². The Bertz CT molecular complexity index is 1220. The van der Waals surface area contributed by atoms with E-state index in [1.165, 1.54) is 4.90 Å². The quantitative estimate of drug-likeness (QED) is 0.331. The highest BCUT2D eigenvalue weighted by atomic mass is 16.6. The molecule has 0 atom stereocenters. The van der Waals surface area contributed by atoms with E-state index in [1.807, 2.05) is 83.1 Å². The fraction of sp³-hybridized carbons (Fsp3) is 0.448. The summed E-state index contributed by atoms with van der Waals surface area (Å²) < 4.78 is 13.7. The Balaban J connectivity index is 2.33. The van der Waals surface area contributed by atoms with Gasteiger partial charge in [0.25, 0.3) is 5.56 Å². The molecular formula is C29H38N2O4. The van der Waals surface area contributed by atoms with Crippen LogP contribution >= 0.6 is 0 Å². The first-order valence-corrected chi connectivity index (χ1v) is 12.4. The van der Waals surface area contributed by atoms with Crippen molar-refractivity contribution in [1.82, 2.24) is 4.57 Å². The molecule has 0 saturated heterocycles. The second-order valence-corrected chi connectivity index (χ2v) is 10.3. The van der Waals surface area contributed by atoms with Gasteiger partial charge in [-0.1, -0.05) is 63.6 Å². The average molecular weight is 479 g/mol. The van der Waals surface area contributed by atoms with Gasteiger partial charge in [-0.15, -0.1) is 0 Å². The van der Waals surface area contributed by atoms with Gasteiger partial charge in [-0.05, 0) is 56.4 Å². The number of amides is 1. The maximum Gasteiger partial charge on any atom is 0.415 e. The fourth-order valence-electron chi connectivity index (χ4n) is 3.96. The van der Waals surface area contributed by atoms with Gasteiger partial charge in [0.2, 0.25) is 0 Å². The molecule has 0 N–H and O–H groups in total. The summed E-state index contributed by atoms with van der Waals surface area (Å²) in [5.74, 6) is 1.13. The molecule has 0 fully saturated rings. The number of pyridine rings is 1. The summed E-state index contributed by atoms with van der Waals surface area (Å²) in [6.45, 7) is 12.6. The number of benzene rings is 2. The van der Waals surface area contributed by atoms with Crippen molar-refractivity contribution >= 4 is 22.7 Å². The normalized spacial score (nSPS) is 11.7. The van der Waals surface area contributed by atoms with Crippen LogP contribution in [0.2, 0.25) is 0 Å². The van der Waals surface area contributed by atoms with Gasteiger partial charge in [-0.25, -0.2) is 4.79 Å². The highest BCUT2D eigenvalue weighted by Crippen LogP contribution is 2.37. The molecule has 6 nitrogen and oxygen atoms in total. The van der Waals surface area contributed by atoms with Crippen LogP contribution in [-0.4, -0.2) is 29.9 Å². The lowest BCUT2D eigenvalue weighted by atomic mass is 10.0. The van der Waals surface area contributed by atoms with Crippen LogP contribution in [0.1, 0.15) is 54.4 Å². The number of carbonyl (C=O) groups excluding carboxylic acids is 1. The van der Waals surface area contributed by atoms with E-state index in [0.29, 0.717) is 35.5 Å². The molecule has 3 aromatic rings. The Labute approximate surface area is 208 Å². The number of hydrogen-bond donors (Lipinski definition) is 0. The molecule has 0 aliphatic heterocycles. The van der Waals surface area contributed by atoms with Crippen LogP contribution in [0.15, 0.2) is 53.3 Å². The van der Waals surface area contributed by atoms with Crippen molar-refractivity contribution < 1.29 is 14.3 Å². The standard InChI is InChI=1S/C29H38N2O4/c1-8-9-17-34-25-24-18-22(21-13-11-10-12-14-21)15-16-23(24)27(32)31(19-20(2)3)26(25)30(7)28(33)35-29(4,5)6/h10-16,18,20H,8-9,17,19H2,1-7H3. The Kier molecular flexibility index (Phi) is 8.26. The lowest BCUT2D eigenvalue weighted by Gasteiger charge is -2.29. The SMILES string of the molecule is CCCCOc1c(N(C)C(=O)OC(C)(C)C)n(CC(C)C)c(=O)c2ccc(-c3ccccc3)cc12. The molecule has 3 rings (SSSR count). The maximum absolute atomic E-state index is 13.8. The van der Waals surface area contributed by atoms with Crippen molar-refractivity contribution in [3.8, 4) is 16.9 Å². The number of aromatic nitrogens is 1. The lowest BCUT2D eigenvalue weighted by molar-refractivity contribution is 0.0585. The molecule has 0 bridgehead atoms. The van der Waals surface area contributed by atoms with E-state index < -0.39 is 11.7 Å². The largest absolute Gasteiger partial charge is 0.489 e. The molecule has 0 aliphatic rings. The Morgan fingerprint density at radius 3 is 2.31 bits per heavy atom. The van der Waals surface area contributed by atoms with Gasteiger partial charge in [0.05, 0.1) is 12.0 Å². The van der Waals surface area contributed by atoms with E-state index in [0.717, 1.165) is 24.0 Å². The third-order valence-corrected chi connectivity index (χ3v) is 5.58. The van der Waals surface area contributed by atoms with Crippen molar-refractivity contribution in [1.29, 1.82) is 0 Å². The van der Waals surface area contributed by atoms with Crippen LogP contribution in [0.3, 0.4) is 0 Å². The Hall–Kier alpha value is -3.28. The first-order chi connectivity index (χ1) is 16.5. The van der Waals surface area contributed by atoms with Gasteiger partial charge in [0.1, 0.15) is 5.60 Å². The van der Waals surface area contributed by atoms with E-state index in [9.17, 15) is 9.59 Å². The van der Waals surface area contributed by atoms with Gasteiger partial charge < -0.3 is 9.47 Å². The minimum atomic E-state index is -0.672. The molecule has 0 unspecified atom stereocenters. The number of unbranched alkanes of at least 4 members (excludes halogenated alkanes) is 1. The minimum Gasteiger partial charge on any atom is -0.489 e. The van der Waals surface area contributed by atoms with Crippen molar-refractivity contribution in [3.05, 3.63) is 58.9 Å². The predicted octanol–water partition coefficient (Wildman–Crippen LogP) is 6.87. The van der Waals surface area contributed by atoms with Crippen LogP contribution < -0.4 is 15.2 Å². The smallest absolute Gasteiger partial charge is 0.415 e. The van der Waals surface area contributed by atoms with Crippen LogP contribution in [0.5, 0.6) is 5.75 Å². The predicted molar refractivity (Wildman–Crippen MR) is 144 cm³/mol. The molecule has 1 heterocycles. The molecule has 35 heavy (non-hydrogen) atoms. The van der Waals surface area contributed by atoms with Crippen molar-refractivity contribution in [2.75, 3.05) is 18.6 Å². The molecular weight excluding hydrogens is 440 g/mol. The number of fused-ring (bicyclic) bond motifs is 1. The maximum atomic E-state index is 13.8. The summed E-state index contributed by atoms with van der Waals surface area (Å²) >= 11 is 0. The summed E-state index contributed by atoms with van der Waals surface area (Å²) in [4.78, 5) is 28.3. The number of carbonyl (C=O) groups is 1. The number of anilines is 1. The van der Waals surface area contributed by atoms with Gasteiger partial charge >= 0.3 is 6.09 Å². The van der Waals surface area contributed by atoms with Gasteiger partial charge in [-0.2, -0.15) is 0 Å². The van der Waals surface area contributed by atoms with Crippen LogP contribution in [0.4, 0.5) is 10.6 Å². The van der Waals surface area contributed by atoms with Gasteiger partial charge in [-0.3, -0.25) is 14.3 Å². The number of ether oxygens (including phenoxy) is 2. The van der Waals surface area contributed by atoms with E-state index in [-0.39, 0.29) is 11.5 Å². The number of hydrogen-bond acceptors (Lipinski definition) is 4. The monoisotopic (exact) mass is 478 g/mol. The average Bonchev–Trinajstić information content (AvgIpc) is 2.80. The molecule has 1 amide bonds. The summed E-state index contributed by atoms with van der Waals surface area (Å²) in [5, 5.41) is 1.26. The van der Waals surface area contributed by atoms with E-state index in [2.05, 4.69) is 6.92 Å². The molecule has 2 aromatic carbocycles. The number of rotatable bonds is 8. The summed E-state index contributed by atoms with van der Waals surface area (Å²) in [6.07, 6.45) is 1.29. The molecule has 1 aromatic heterocycles. The third-order valence-electron chi connectivity index (χ3n) is 5.58. The van der Waals surface area contributed by atoms with Crippen molar-refractivity contribution in [3.63, 3.8) is 0 Å². The first-order valence-electron chi connectivity index (χ1n) is 12.4. The van der Waals surface area contributed by atoms with E-state index in [4.69, 9.17) is 9.47 Å². The summed E-state index contributed by atoms with van der Waals surface area (Å²) in [6, 6.07) is 15.8. The zero-order valence-electron chi connectivity index (χ0n) is 22.1. The Morgan fingerprint density at radius 2 is 1.71 bits per heavy atom. The zero-order valence-corrected chi connectivity index (χ0v) is 22.1. The second-order valence-electron chi connectivity index (χ2n) is 10.3. The Morgan fingerprint density at radius 1 is 1.03 bits per heavy atom. The van der Waals surface area contributed by atoms with E-state index >= 15 is 0 Å². The second kappa shape index (κ2) is 11.0. The molecule has 188 valence electrons. The van der Waals surface area contributed by atoms with Crippen LogP contribution in [0, 0.1) is 5.92 Å². The van der Waals surface area contributed by atoms with Gasteiger partial charge in [0.15, 0.2) is 11.6 Å². The molecule has 0 spiro atoms. The summed E-state index contributed by atoms with van der Waals surface area (Å²) in [5.41, 5.74) is 1.20. The van der Waals surface area contributed by atoms with Crippen molar-refractivity contribution in [2.24, 2.45) is 5.92 Å². The van der Waals surface area contributed by atoms with Crippen LogP contribution in [0.25, 0.3) is 21.9 Å². The minimum absolute atomic E-state index is 0.151. The lowest BCUT2D eigenvalue weighted by Crippen LogP contribution is -2.38.